The summed E-state index contributed by atoms with van der Waals surface area (Å²) in [7, 11) is 0. The first-order chi connectivity index (χ1) is 8.25. The van der Waals surface area contributed by atoms with Crippen molar-refractivity contribution < 1.29 is 0 Å². The van der Waals surface area contributed by atoms with Gasteiger partial charge in [0.1, 0.15) is 5.15 Å². The van der Waals surface area contributed by atoms with Gasteiger partial charge in [0, 0.05) is 35.0 Å². The molecule has 3 rings (SSSR count). The molecular weight excluding hydrogens is 254 g/mol. The lowest BCUT2D eigenvalue weighted by molar-refractivity contribution is 1.06. The summed E-state index contributed by atoms with van der Waals surface area (Å²) in [6.45, 7) is 2.02. The van der Waals surface area contributed by atoms with Crippen molar-refractivity contribution in [1.82, 2.24) is 15.0 Å². The van der Waals surface area contributed by atoms with E-state index in [-0.39, 0.29) is 0 Å². The Morgan fingerprint density at radius 1 is 1.29 bits per heavy atom. The molecule has 0 radical (unpaired) electrons. The molecule has 0 unspecified atom stereocenters. The van der Waals surface area contributed by atoms with E-state index in [1.165, 1.54) is 0 Å². The van der Waals surface area contributed by atoms with Crippen molar-refractivity contribution in [2.75, 3.05) is 0 Å². The van der Waals surface area contributed by atoms with E-state index < -0.39 is 0 Å². The van der Waals surface area contributed by atoms with Gasteiger partial charge in [-0.1, -0.05) is 11.6 Å². The van der Waals surface area contributed by atoms with Gasteiger partial charge in [-0.25, -0.2) is 9.97 Å². The number of pyridine rings is 1. The van der Waals surface area contributed by atoms with Gasteiger partial charge in [-0.3, -0.25) is 4.98 Å². The first-order valence-corrected chi connectivity index (χ1v) is 6.83. The van der Waals surface area contributed by atoms with Crippen LogP contribution in [0.3, 0.4) is 0 Å². The Morgan fingerprint density at radius 3 is 3.00 bits per heavy atom. The van der Waals surface area contributed by atoms with Crippen molar-refractivity contribution in [3.63, 3.8) is 0 Å². The van der Waals surface area contributed by atoms with Crippen LogP contribution in [-0.2, 0) is 11.5 Å². The van der Waals surface area contributed by atoms with E-state index in [9.17, 15) is 0 Å². The fourth-order valence-corrected chi connectivity index (χ4v) is 3.21. The summed E-state index contributed by atoms with van der Waals surface area (Å²) < 4.78 is 0. The van der Waals surface area contributed by atoms with Gasteiger partial charge in [0.05, 0.1) is 5.69 Å². The van der Waals surface area contributed by atoms with E-state index in [4.69, 9.17) is 11.6 Å². The maximum absolute atomic E-state index is 6.19. The molecule has 0 saturated heterocycles. The molecule has 0 atom stereocenters. The zero-order valence-electron chi connectivity index (χ0n) is 9.27. The number of aromatic nitrogens is 3. The SMILES string of the molecule is Cc1ccncc1-c1nc(Cl)c2c(n1)CSC2. The van der Waals surface area contributed by atoms with Crippen LogP contribution in [0.1, 0.15) is 16.8 Å². The minimum Gasteiger partial charge on any atom is -0.264 e. The summed E-state index contributed by atoms with van der Waals surface area (Å²) in [5, 5.41) is 0.582. The van der Waals surface area contributed by atoms with Crippen LogP contribution in [-0.4, -0.2) is 15.0 Å². The second kappa shape index (κ2) is 4.27. The molecule has 0 saturated carbocycles. The van der Waals surface area contributed by atoms with Crippen molar-refractivity contribution in [1.29, 1.82) is 0 Å². The summed E-state index contributed by atoms with van der Waals surface area (Å²) in [4.78, 5) is 13.1. The van der Waals surface area contributed by atoms with Gasteiger partial charge in [-0.2, -0.15) is 11.8 Å². The monoisotopic (exact) mass is 263 g/mol. The fraction of sp³-hybridized carbons (Fsp3) is 0.250. The summed E-state index contributed by atoms with van der Waals surface area (Å²) >= 11 is 8.01. The molecule has 0 aliphatic carbocycles. The molecule has 0 bridgehead atoms. The lowest BCUT2D eigenvalue weighted by Crippen LogP contribution is -1.98. The summed E-state index contributed by atoms with van der Waals surface area (Å²) in [5.74, 6) is 2.52. The third kappa shape index (κ3) is 1.91. The van der Waals surface area contributed by atoms with Crippen LogP contribution in [0.25, 0.3) is 11.4 Å². The topological polar surface area (TPSA) is 38.7 Å². The summed E-state index contributed by atoms with van der Waals surface area (Å²) in [5.41, 5.74) is 4.21. The maximum Gasteiger partial charge on any atom is 0.162 e. The molecule has 0 fully saturated rings. The number of halogens is 1. The highest BCUT2D eigenvalue weighted by atomic mass is 35.5. The standard InChI is InChI=1S/C12H10ClN3S/c1-7-2-3-14-4-8(7)12-15-10-6-17-5-9(10)11(13)16-12/h2-4H,5-6H2,1H3. The number of thioether (sulfide) groups is 1. The molecule has 1 aliphatic rings. The molecule has 0 aromatic carbocycles. The average molecular weight is 264 g/mol. The van der Waals surface area contributed by atoms with Gasteiger partial charge in [-0.05, 0) is 18.6 Å². The Hall–Kier alpha value is -1.13. The highest BCUT2D eigenvalue weighted by Crippen LogP contribution is 2.34. The number of nitrogens with zero attached hydrogens (tertiary/aromatic N) is 3. The molecule has 0 N–H and O–H groups in total. The molecule has 3 nitrogen and oxygen atoms in total. The molecule has 2 aromatic rings. The predicted molar refractivity (Wildman–Crippen MR) is 70.0 cm³/mol. The van der Waals surface area contributed by atoms with Crippen LogP contribution < -0.4 is 0 Å². The molecule has 3 heterocycles. The number of fused-ring (bicyclic) bond motifs is 1. The lowest BCUT2D eigenvalue weighted by atomic mass is 10.1. The molecule has 0 spiro atoms. The van der Waals surface area contributed by atoms with Crippen molar-refractivity contribution >= 4 is 23.4 Å². The molecular formula is C12H10ClN3S. The van der Waals surface area contributed by atoms with Crippen LogP contribution in [0.5, 0.6) is 0 Å². The largest absolute Gasteiger partial charge is 0.264 e. The third-order valence-corrected chi connectivity index (χ3v) is 4.09. The normalized spacial score (nSPS) is 13.8. The van der Waals surface area contributed by atoms with Crippen LogP contribution >= 0.6 is 23.4 Å². The van der Waals surface area contributed by atoms with Crippen LogP contribution in [0.4, 0.5) is 0 Å². The van der Waals surface area contributed by atoms with Crippen LogP contribution in [0.2, 0.25) is 5.15 Å². The average Bonchev–Trinajstić information content (AvgIpc) is 2.78. The number of aryl methyl sites for hydroxylation is 1. The molecule has 86 valence electrons. The second-order valence-corrected chi connectivity index (χ2v) is 5.29. The van der Waals surface area contributed by atoms with Gasteiger partial charge in [0.2, 0.25) is 0 Å². The van der Waals surface area contributed by atoms with Crippen LogP contribution in [0.15, 0.2) is 18.5 Å². The van der Waals surface area contributed by atoms with E-state index >= 15 is 0 Å². The van der Waals surface area contributed by atoms with Gasteiger partial charge in [0.15, 0.2) is 5.82 Å². The third-order valence-electron chi connectivity index (χ3n) is 2.81. The minimum absolute atomic E-state index is 0.582. The Labute approximate surface area is 109 Å². The van der Waals surface area contributed by atoms with Gasteiger partial charge < -0.3 is 0 Å². The van der Waals surface area contributed by atoms with Gasteiger partial charge in [-0.15, -0.1) is 0 Å². The lowest BCUT2D eigenvalue weighted by Gasteiger charge is -2.06. The maximum atomic E-state index is 6.19. The summed E-state index contributed by atoms with van der Waals surface area (Å²) in [6, 6.07) is 1.95. The number of hydrogen-bond acceptors (Lipinski definition) is 4. The van der Waals surface area contributed by atoms with Gasteiger partial charge in [0.25, 0.3) is 0 Å². The van der Waals surface area contributed by atoms with Crippen molar-refractivity contribution in [2.45, 2.75) is 18.4 Å². The van der Waals surface area contributed by atoms with Crippen molar-refractivity contribution in [3.05, 3.63) is 40.4 Å². The Morgan fingerprint density at radius 2 is 2.18 bits per heavy atom. The Balaban J connectivity index is 2.17. The van der Waals surface area contributed by atoms with Crippen molar-refractivity contribution in [3.8, 4) is 11.4 Å². The summed E-state index contributed by atoms with van der Waals surface area (Å²) in [6.07, 6.45) is 3.55. The number of rotatable bonds is 1. The molecule has 1 aliphatic heterocycles. The van der Waals surface area contributed by atoms with Crippen LogP contribution in [0, 0.1) is 6.92 Å². The fourth-order valence-electron chi connectivity index (χ4n) is 1.83. The Kier molecular flexibility index (Phi) is 2.76. The zero-order chi connectivity index (χ0) is 11.8. The second-order valence-electron chi connectivity index (χ2n) is 3.95. The predicted octanol–water partition coefficient (Wildman–Crippen LogP) is 3.25. The molecule has 17 heavy (non-hydrogen) atoms. The van der Waals surface area contributed by atoms with E-state index in [2.05, 4.69) is 15.0 Å². The highest BCUT2D eigenvalue weighted by molar-refractivity contribution is 7.98. The molecule has 0 amide bonds. The van der Waals surface area contributed by atoms with Crippen molar-refractivity contribution in [2.24, 2.45) is 0 Å². The minimum atomic E-state index is 0.582. The highest BCUT2D eigenvalue weighted by Gasteiger charge is 2.19. The molecule has 2 aromatic heterocycles. The van der Waals surface area contributed by atoms with E-state index in [0.29, 0.717) is 11.0 Å². The van der Waals surface area contributed by atoms with E-state index in [1.54, 1.807) is 12.4 Å². The zero-order valence-corrected chi connectivity index (χ0v) is 10.8. The van der Waals surface area contributed by atoms with Gasteiger partial charge >= 0.3 is 0 Å². The smallest absolute Gasteiger partial charge is 0.162 e. The van der Waals surface area contributed by atoms with E-state index in [1.807, 2.05) is 24.8 Å². The van der Waals surface area contributed by atoms with E-state index in [0.717, 1.165) is 33.9 Å². The molecule has 5 heteroatoms. The first kappa shape index (κ1) is 11.0. The quantitative estimate of drug-likeness (QED) is 0.741. The number of hydrogen-bond donors (Lipinski definition) is 0. The Bertz CT molecular complexity index is 586. The first-order valence-electron chi connectivity index (χ1n) is 5.29.